The number of benzene rings is 1. The quantitative estimate of drug-likeness (QED) is 0.801. The smallest absolute Gasteiger partial charge is 0.122 e. The first-order valence-corrected chi connectivity index (χ1v) is 7.18. The lowest BCUT2D eigenvalue weighted by Gasteiger charge is -2.32. The molecule has 2 rings (SSSR count). The maximum atomic E-state index is 5.33. The van der Waals surface area contributed by atoms with E-state index in [4.69, 9.17) is 14.2 Å². The highest BCUT2D eigenvalue weighted by atomic mass is 16.5. The molecule has 1 saturated heterocycles. The van der Waals surface area contributed by atoms with Crippen molar-refractivity contribution in [2.75, 3.05) is 41.0 Å². The van der Waals surface area contributed by atoms with Crippen LogP contribution in [0.3, 0.4) is 0 Å². The molecule has 1 heterocycles. The summed E-state index contributed by atoms with van der Waals surface area (Å²) < 4.78 is 15.9. The van der Waals surface area contributed by atoms with Crippen molar-refractivity contribution in [2.45, 2.75) is 19.4 Å². The van der Waals surface area contributed by atoms with Crippen LogP contribution in [-0.2, 0) is 11.3 Å². The van der Waals surface area contributed by atoms with Crippen LogP contribution in [0, 0.1) is 5.92 Å². The van der Waals surface area contributed by atoms with Crippen molar-refractivity contribution in [3.05, 3.63) is 23.8 Å². The van der Waals surface area contributed by atoms with Gasteiger partial charge in [0.1, 0.15) is 11.5 Å². The van der Waals surface area contributed by atoms with Crippen LogP contribution in [0.25, 0.3) is 0 Å². The molecule has 0 spiro atoms. The van der Waals surface area contributed by atoms with Crippen LogP contribution in [0.2, 0.25) is 0 Å². The Bertz CT molecular complexity index is 398. The molecular formula is C16H25NO3. The molecule has 1 aromatic carbocycles. The summed E-state index contributed by atoms with van der Waals surface area (Å²) in [6.07, 6.45) is 2.51. The highest BCUT2D eigenvalue weighted by Crippen LogP contribution is 2.25. The van der Waals surface area contributed by atoms with Crippen molar-refractivity contribution < 1.29 is 14.2 Å². The molecule has 1 aliphatic rings. The molecule has 20 heavy (non-hydrogen) atoms. The summed E-state index contributed by atoms with van der Waals surface area (Å²) in [5.74, 6) is 2.36. The van der Waals surface area contributed by atoms with Crippen LogP contribution >= 0.6 is 0 Å². The second-order valence-electron chi connectivity index (χ2n) is 5.42. The van der Waals surface area contributed by atoms with Gasteiger partial charge in [0.25, 0.3) is 0 Å². The first-order valence-electron chi connectivity index (χ1n) is 7.18. The third-order valence-electron chi connectivity index (χ3n) is 3.82. The fourth-order valence-electron chi connectivity index (χ4n) is 2.88. The van der Waals surface area contributed by atoms with Gasteiger partial charge in [-0.05, 0) is 43.0 Å². The number of nitrogens with zero attached hydrogens (tertiary/aromatic N) is 1. The normalized spacial score (nSPS) is 19.9. The summed E-state index contributed by atoms with van der Waals surface area (Å²) in [6, 6.07) is 6.08. The maximum absolute atomic E-state index is 5.33. The third-order valence-corrected chi connectivity index (χ3v) is 3.82. The van der Waals surface area contributed by atoms with Crippen LogP contribution in [0.5, 0.6) is 11.5 Å². The first kappa shape index (κ1) is 15.1. The van der Waals surface area contributed by atoms with E-state index in [0.29, 0.717) is 5.92 Å². The number of likely N-dealkylation sites (tertiary alicyclic amines) is 1. The van der Waals surface area contributed by atoms with Crippen molar-refractivity contribution in [3.63, 3.8) is 0 Å². The van der Waals surface area contributed by atoms with Crippen LogP contribution in [-0.4, -0.2) is 45.9 Å². The molecule has 1 aromatic rings. The van der Waals surface area contributed by atoms with Gasteiger partial charge in [-0.1, -0.05) is 0 Å². The van der Waals surface area contributed by atoms with Crippen LogP contribution in [0.4, 0.5) is 0 Å². The maximum Gasteiger partial charge on any atom is 0.122 e. The Hall–Kier alpha value is -1.26. The van der Waals surface area contributed by atoms with Gasteiger partial charge in [-0.2, -0.15) is 0 Å². The zero-order valence-corrected chi connectivity index (χ0v) is 12.7. The number of rotatable bonds is 6. The van der Waals surface area contributed by atoms with Crippen molar-refractivity contribution >= 4 is 0 Å². The van der Waals surface area contributed by atoms with Crippen molar-refractivity contribution in [1.29, 1.82) is 0 Å². The average molecular weight is 279 g/mol. The summed E-state index contributed by atoms with van der Waals surface area (Å²) in [5, 5.41) is 0. The molecule has 0 saturated carbocycles. The molecule has 0 aliphatic carbocycles. The van der Waals surface area contributed by atoms with E-state index < -0.39 is 0 Å². The Morgan fingerprint density at radius 1 is 1.10 bits per heavy atom. The number of hydrogen-bond donors (Lipinski definition) is 0. The number of hydrogen-bond acceptors (Lipinski definition) is 4. The number of ether oxygens (including phenoxy) is 3. The summed E-state index contributed by atoms with van der Waals surface area (Å²) >= 11 is 0. The molecular weight excluding hydrogens is 254 g/mol. The van der Waals surface area contributed by atoms with Gasteiger partial charge in [0.2, 0.25) is 0 Å². The largest absolute Gasteiger partial charge is 0.497 e. The average Bonchev–Trinajstić information content (AvgIpc) is 2.47. The van der Waals surface area contributed by atoms with E-state index in [1.165, 1.54) is 18.4 Å². The SMILES string of the molecule is COC[C@@H]1CCCN(Cc2cc(OC)cc(OC)c2)C1. The minimum absolute atomic E-state index is 0.654. The Labute approximate surface area is 121 Å². The monoisotopic (exact) mass is 279 g/mol. The second-order valence-corrected chi connectivity index (χ2v) is 5.42. The summed E-state index contributed by atoms with van der Waals surface area (Å²) in [7, 11) is 5.16. The molecule has 1 fully saturated rings. The molecule has 1 atom stereocenters. The zero-order valence-electron chi connectivity index (χ0n) is 12.7. The molecule has 0 unspecified atom stereocenters. The Kier molecular flexibility index (Phi) is 5.68. The van der Waals surface area contributed by atoms with Gasteiger partial charge in [0, 0.05) is 26.3 Å². The minimum atomic E-state index is 0.654. The van der Waals surface area contributed by atoms with Gasteiger partial charge in [0.15, 0.2) is 0 Å². The highest BCUT2D eigenvalue weighted by molar-refractivity contribution is 5.38. The summed E-state index contributed by atoms with van der Waals surface area (Å²) in [5.41, 5.74) is 1.24. The Morgan fingerprint density at radius 3 is 2.40 bits per heavy atom. The molecule has 0 N–H and O–H groups in total. The fraction of sp³-hybridized carbons (Fsp3) is 0.625. The van der Waals surface area contributed by atoms with Crippen LogP contribution in [0.1, 0.15) is 18.4 Å². The van der Waals surface area contributed by atoms with Crippen molar-refractivity contribution in [2.24, 2.45) is 5.92 Å². The lowest BCUT2D eigenvalue weighted by Crippen LogP contribution is -2.36. The van der Waals surface area contributed by atoms with Crippen molar-refractivity contribution in [3.8, 4) is 11.5 Å². The van der Waals surface area contributed by atoms with E-state index in [-0.39, 0.29) is 0 Å². The molecule has 112 valence electrons. The number of methoxy groups -OCH3 is 3. The van der Waals surface area contributed by atoms with Gasteiger partial charge < -0.3 is 14.2 Å². The molecule has 0 bridgehead atoms. The third kappa shape index (κ3) is 4.12. The van der Waals surface area contributed by atoms with Crippen LogP contribution < -0.4 is 9.47 Å². The molecule has 0 aromatic heterocycles. The minimum Gasteiger partial charge on any atom is -0.497 e. The van der Waals surface area contributed by atoms with E-state index in [0.717, 1.165) is 37.7 Å². The van der Waals surface area contributed by atoms with E-state index in [9.17, 15) is 0 Å². The molecule has 1 aliphatic heterocycles. The lowest BCUT2D eigenvalue weighted by molar-refractivity contribution is 0.0873. The lowest BCUT2D eigenvalue weighted by atomic mass is 9.98. The van der Waals surface area contributed by atoms with E-state index in [2.05, 4.69) is 17.0 Å². The fourth-order valence-corrected chi connectivity index (χ4v) is 2.88. The summed E-state index contributed by atoms with van der Waals surface area (Å²) in [4.78, 5) is 2.49. The van der Waals surface area contributed by atoms with E-state index in [1.54, 1.807) is 21.3 Å². The van der Waals surface area contributed by atoms with E-state index in [1.807, 2.05) is 6.07 Å². The predicted octanol–water partition coefficient (Wildman–Crippen LogP) is 2.56. The van der Waals surface area contributed by atoms with Gasteiger partial charge >= 0.3 is 0 Å². The van der Waals surface area contributed by atoms with Crippen molar-refractivity contribution in [1.82, 2.24) is 4.90 Å². The van der Waals surface area contributed by atoms with E-state index >= 15 is 0 Å². The topological polar surface area (TPSA) is 30.9 Å². The molecule has 0 radical (unpaired) electrons. The summed E-state index contributed by atoms with van der Waals surface area (Å²) in [6.45, 7) is 4.05. The Balaban J connectivity index is 2.01. The highest BCUT2D eigenvalue weighted by Gasteiger charge is 2.20. The molecule has 0 amide bonds. The van der Waals surface area contributed by atoms with Gasteiger partial charge in [-0.15, -0.1) is 0 Å². The van der Waals surface area contributed by atoms with Gasteiger partial charge in [-0.25, -0.2) is 0 Å². The molecule has 4 heteroatoms. The Morgan fingerprint density at radius 2 is 1.80 bits per heavy atom. The second kappa shape index (κ2) is 7.50. The standard InChI is InChI=1S/C16H25NO3/c1-18-12-13-5-4-6-17(10-13)11-14-7-15(19-2)9-16(8-14)20-3/h7-9,13H,4-6,10-12H2,1-3H3/t13-/m1/s1. The zero-order chi connectivity index (χ0) is 14.4. The van der Waals surface area contributed by atoms with Gasteiger partial charge in [0.05, 0.1) is 20.8 Å². The molecule has 4 nitrogen and oxygen atoms in total. The number of piperidine rings is 1. The van der Waals surface area contributed by atoms with Gasteiger partial charge in [-0.3, -0.25) is 4.90 Å². The van der Waals surface area contributed by atoms with Crippen LogP contribution in [0.15, 0.2) is 18.2 Å². The first-order chi connectivity index (χ1) is 9.75. The predicted molar refractivity (Wildman–Crippen MR) is 79.4 cm³/mol.